The van der Waals surface area contributed by atoms with E-state index in [1.54, 1.807) is 30.9 Å². The van der Waals surface area contributed by atoms with E-state index in [1.165, 1.54) is 0 Å². The first-order chi connectivity index (χ1) is 11.9. The normalized spacial score (nSPS) is 20.0. The molecular formula is C18H17NO6. The fourth-order valence-electron chi connectivity index (χ4n) is 3.37. The molecule has 0 aliphatic carbocycles. The summed E-state index contributed by atoms with van der Waals surface area (Å²) in [6.45, 7) is 5.65. The first-order valence-electron chi connectivity index (χ1n) is 7.82. The fraction of sp³-hybridized carbons (Fsp3) is 0.278. The van der Waals surface area contributed by atoms with Crippen LogP contribution in [0.15, 0.2) is 47.0 Å². The number of hydrogen-bond acceptors (Lipinski definition) is 6. The third-order valence-corrected chi connectivity index (χ3v) is 4.45. The van der Waals surface area contributed by atoms with Gasteiger partial charge in [0.2, 0.25) is 0 Å². The summed E-state index contributed by atoms with van der Waals surface area (Å²) in [5.41, 5.74) is 2.26. The van der Waals surface area contributed by atoms with Gasteiger partial charge in [0.1, 0.15) is 11.5 Å². The molecule has 0 amide bonds. The minimum Gasteiger partial charge on any atom is -0.449 e. The van der Waals surface area contributed by atoms with Gasteiger partial charge in [-0.15, -0.1) is 0 Å². The maximum atomic E-state index is 12.4. The molecule has 1 unspecified atom stereocenters. The minimum absolute atomic E-state index is 0.106. The molecule has 130 valence electrons. The predicted octanol–water partition coefficient (Wildman–Crippen LogP) is 2.68. The van der Waals surface area contributed by atoms with Crippen LogP contribution in [0.5, 0.6) is 0 Å². The number of aryl methyl sites for hydroxylation is 1. The van der Waals surface area contributed by atoms with Crippen LogP contribution in [0.4, 0.5) is 4.79 Å². The summed E-state index contributed by atoms with van der Waals surface area (Å²) in [7, 11) is 0. The number of nitrogens with zero attached hydrogens (tertiary/aromatic N) is 1. The van der Waals surface area contributed by atoms with Crippen LogP contribution in [-0.2, 0) is 19.1 Å². The Hall–Kier alpha value is -3.09. The average Bonchev–Trinajstić information content (AvgIpc) is 2.84. The van der Waals surface area contributed by atoms with E-state index in [1.807, 2.05) is 19.1 Å². The summed E-state index contributed by atoms with van der Waals surface area (Å²) in [4.78, 5) is 37.3. The summed E-state index contributed by atoms with van der Waals surface area (Å²) >= 11 is 0. The van der Waals surface area contributed by atoms with Crippen molar-refractivity contribution < 1.29 is 29.0 Å². The molecule has 0 fully saturated rings. The lowest BCUT2D eigenvalue weighted by atomic mass is 9.83. The van der Waals surface area contributed by atoms with Crippen LogP contribution in [0.2, 0.25) is 0 Å². The number of carbonyl (C=O) groups is 3. The van der Waals surface area contributed by atoms with E-state index in [4.69, 9.17) is 14.6 Å². The second-order valence-electron chi connectivity index (χ2n) is 5.79. The molecule has 1 aromatic carbocycles. The number of cyclic esters (lactones) is 2. The molecule has 7 heteroatoms. The fourth-order valence-corrected chi connectivity index (χ4v) is 3.37. The molecule has 7 nitrogen and oxygen atoms in total. The number of allylic oxidation sites excluding steroid dienone is 2. The molecule has 0 radical (unpaired) electrons. The molecule has 25 heavy (non-hydrogen) atoms. The third kappa shape index (κ3) is 2.57. The Morgan fingerprint density at radius 2 is 1.92 bits per heavy atom. The number of carbonyl (C=O) groups excluding carboxylic acids is 2. The molecule has 0 saturated carbocycles. The number of hydrogen-bond donors (Lipinski definition) is 1. The largest absolute Gasteiger partial charge is 0.511 e. The topological polar surface area (TPSA) is 93.1 Å². The first-order valence-corrected chi connectivity index (χ1v) is 7.82. The molecule has 0 aromatic heterocycles. The van der Waals surface area contributed by atoms with Gasteiger partial charge in [-0.05, 0) is 31.9 Å². The number of likely N-dealkylation sites (N-methyl/N-ethyl adjacent to an activating group) is 1. The van der Waals surface area contributed by atoms with Gasteiger partial charge in [-0.25, -0.2) is 14.4 Å². The predicted molar refractivity (Wildman–Crippen MR) is 86.2 cm³/mol. The van der Waals surface area contributed by atoms with Crippen molar-refractivity contribution in [3.05, 3.63) is 58.1 Å². The molecule has 1 atom stereocenters. The standard InChI is InChI=1S/C18H17NO6/c1-4-19-10(3)15(24-18(22)23)12(11-8-6-5-7-9(11)2)13-14(19)17(21)25-16(13)20/h5-8,12H,4H2,1-3H3,(H,22,23). The van der Waals surface area contributed by atoms with Gasteiger partial charge in [-0.2, -0.15) is 0 Å². The highest BCUT2D eigenvalue weighted by molar-refractivity contribution is 6.13. The zero-order valence-electron chi connectivity index (χ0n) is 14.0. The summed E-state index contributed by atoms with van der Waals surface area (Å²) < 4.78 is 9.86. The minimum atomic E-state index is -1.48. The Balaban J connectivity index is 2.29. The Morgan fingerprint density at radius 1 is 1.24 bits per heavy atom. The maximum absolute atomic E-state index is 12.4. The van der Waals surface area contributed by atoms with E-state index in [0.717, 1.165) is 5.56 Å². The molecule has 3 rings (SSSR count). The molecule has 1 N–H and O–H groups in total. The Bertz CT molecular complexity index is 851. The van der Waals surface area contributed by atoms with Gasteiger partial charge < -0.3 is 19.5 Å². The zero-order chi connectivity index (χ0) is 18.3. The van der Waals surface area contributed by atoms with Crippen LogP contribution in [0.25, 0.3) is 0 Å². The van der Waals surface area contributed by atoms with Crippen molar-refractivity contribution in [2.75, 3.05) is 6.54 Å². The monoisotopic (exact) mass is 343 g/mol. The van der Waals surface area contributed by atoms with Gasteiger partial charge in [-0.1, -0.05) is 24.3 Å². The maximum Gasteiger partial charge on any atom is 0.511 e. The highest BCUT2D eigenvalue weighted by Gasteiger charge is 2.48. The lowest BCUT2D eigenvalue weighted by molar-refractivity contribution is -0.151. The second kappa shape index (κ2) is 6.08. The molecular weight excluding hydrogens is 326 g/mol. The molecule has 2 aliphatic heterocycles. The Labute approximate surface area is 144 Å². The Kier molecular flexibility index (Phi) is 4.08. The van der Waals surface area contributed by atoms with Crippen LogP contribution < -0.4 is 0 Å². The number of rotatable bonds is 3. The summed E-state index contributed by atoms with van der Waals surface area (Å²) in [5, 5.41) is 9.16. The van der Waals surface area contributed by atoms with Gasteiger partial charge in [0.25, 0.3) is 0 Å². The van der Waals surface area contributed by atoms with Gasteiger partial charge in [0.05, 0.1) is 17.2 Å². The highest BCUT2D eigenvalue weighted by Crippen LogP contribution is 2.46. The third-order valence-electron chi connectivity index (χ3n) is 4.45. The van der Waals surface area contributed by atoms with Crippen molar-refractivity contribution in [1.29, 1.82) is 0 Å². The van der Waals surface area contributed by atoms with E-state index in [2.05, 4.69) is 0 Å². The molecule has 0 saturated heterocycles. The molecule has 2 heterocycles. The first kappa shape index (κ1) is 16.8. The summed E-state index contributed by atoms with van der Waals surface area (Å²) in [6, 6.07) is 7.24. The quantitative estimate of drug-likeness (QED) is 0.666. The SMILES string of the molecule is CCN1C(C)=C(OC(=O)O)C(c2ccccc2C)C2=C1C(=O)OC2=O. The number of esters is 2. The van der Waals surface area contributed by atoms with E-state index >= 15 is 0 Å². The van der Waals surface area contributed by atoms with E-state index < -0.39 is 24.0 Å². The number of benzene rings is 1. The van der Waals surface area contributed by atoms with Crippen LogP contribution in [-0.4, -0.2) is 34.6 Å². The smallest absolute Gasteiger partial charge is 0.449 e. The van der Waals surface area contributed by atoms with E-state index in [-0.39, 0.29) is 17.0 Å². The van der Waals surface area contributed by atoms with E-state index in [0.29, 0.717) is 17.8 Å². The lowest BCUT2D eigenvalue weighted by Crippen LogP contribution is -2.33. The van der Waals surface area contributed by atoms with Crippen molar-refractivity contribution in [3.8, 4) is 0 Å². The van der Waals surface area contributed by atoms with Crippen molar-refractivity contribution in [2.45, 2.75) is 26.7 Å². The van der Waals surface area contributed by atoms with Gasteiger partial charge in [-0.3, -0.25) is 0 Å². The second-order valence-corrected chi connectivity index (χ2v) is 5.79. The van der Waals surface area contributed by atoms with Crippen LogP contribution in [0, 0.1) is 6.92 Å². The van der Waals surface area contributed by atoms with Crippen molar-refractivity contribution in [2.24, 2.45) is 0 Å². The summed E-state index contributed by atoms with van der Waals surface area (Å²) in [6.07, 6.45) is -1.48. The molecule has 0 bridgehead atoms. The van der Waals surface area contributed by atoms with Crippen LogP contribution >= 0.6 is 0 Å². The van der Waals surface area contributed by atoms with Gasteiger partial charge in [0.15, 0.2) is 0 Å². The van der Waals surface area contributed by atoms with Crippen molar-refractivity contribution in [1.82, 2.24) is 4.90 Å². The number of ether oxygens (including phenoxy) is 2. The molecule has 2 aliphatic rings. The van der Waals surface area contributed by atoms with E-state index in [9.17, 15) is 14.4 Å². The molecule has 0 spiro atoms. The van der Waals surface area contributed by atoms with Crippen LogP contribution in [0.3, 0.4) is 0 Å². The summed E-state index contributed by atoms with van der Waals surface area (Å²) in [5.74, 6) is -2.21. The van der Waals surface area contributed by atoms with Crippen molar-refractivity contribution >= 4 is 18.1 Å². The highest BCUT2D eigenvalue weighted by atomic mass is 16.7. The van der Waals surface area contributed by atoms with Gasteiger partial charge in [0, 0.05) is 6.54 Å². The molecule has 1 aromatic rings. The van der Waals surface area contributed by atoms with Crippen LogP contribution in [0.1, 0.15) is 30.9 Å². The average molecular weight is 343 g/mol. The lowest BCUT2D eigenvalue weighted by Gasteiger charge is -2.34. The number of carboxylic acid groups (broad SMARTS) is 1. The van der Waals surface area contributed by atoms with Crippen molar-refractivity contribution in [3.63, 3.8) is 0 Å². The zero-order valence-corrected chi connectivity index (χ0v) is 14.0. The Morgan fingerprint density at radius 3 is 2.52 bits per heavy atom. The van der Waals surface area contributed by atoms with Gasteiger partial charge >= 0.3 is 18.1 Å².